The molecule has 0 saturated carbocycles. The highest BCUT2D eigenvalue weighted by atomic mass is 16.4. The molecular weight excluding hydrogens is 340 g/mol. The molecule has 3 rings (SSSR count). The van der Waals surface area contributed by atoms with Crippen molar-refractivity contribution in [1.82, 2.24) is 19.7 Å². The summed E-state index contributed by atoms with van der Waals surface area (Å²) in [5.74, 6) is -0.593. The Hall–Kier alpha value is -3.75. The van der Waals surface area contributed by atoms with Gasteiger partial charge in [0.15, 0.2) is 5.78 Å². The molecule has 26 heavy (non-hydrogen) atoms. The summed E-state index contributed by atoms with van der Waals surface area (Å²) in [7, 11) is 0. The number of Topliss-reactive ketones (excluding diaryl/α,β-unsaturated/α-hetero) is 2. The molecule has 0 aliphatic heterocycles. The lowest BCUT2D eigenvalue weighted by molar-refractivity contribution is -0.117. The van der Waals surface area contributed by atoms with Crippen molar-refractivity contribution in [1.29, 1.82) is 0 Å². The van der Waals surface area contributed by atoms with Gasteiger partial charge in [0.1, 0.15) is 34.9 Å². The van der Waals surface area contributed by atoms with E-state index < -0.39 is 11.9 Å². The van der Waals surface area contributed by atoms with E-state index in [0.717, 1.165) is 10.9 Å². The molecule has 0 fully saturated rings. The van der Waals surface area contributed by atoms with Crippen LogP contribution < -0.4 is 0 Å². The molecule has 0 spiro atoms. The fraction of sp³-hybridized carbons (Fsp3) is 0.118. The number of H-pyrrole nitrogens is 1. The van der Waals surface area contributed by atoms with Crippen molar-refractivity contribution in [3.63, 3.8) is 0 Å². The Labute approximate surface area is 146 Å². The Bertz CT molecular complexity index is 971. The van der Waals surface area contributed by atoms with E-state index in [9.17, 15) is 19.5 Å². The molecule has 0 saturated heterocycles. The van der Waals surface area contributed by atoms with E-state index in [1.54, 1.807) is 12.1 Å². The molecule has 132 valence electrons. The second kappa shape index (κ2) is 7.01. The van der Waals surface area contributed by atoms with E-state index in [-0.39, 0.29) is 35.8 Å². The number of hydrogen-bond donors (Lipinski definition) is 3. The Balaban J connectivity index is 1.64. The number of carbonyl (C=O) groups is 3. The fourth-order valence-corrected chi connectivity index (χ4v) is 2.33. The largest absolute Gasteiger partial charge is 0.508 e. The van der Waals surface area contributed by atoms with Crippen LogP contribution in [0.1, 0.15) is 22.5 Å². The molecule has 1 aromatic carbocycles. The summed E-state index contributed by atoms with van der Waals surface area (Å²) < 4.78 is 0.868. The average Bonchev–Trinajstić information content (AvgIpc) is 3.25. The molecule has 3 N–H and O–H groups in total. The van der Waals surface area contributed by atoms with Crippen LogP contribution >= 0.6 is 0 Å². The molecule has 3 aromatic rings. The number of nitrogens with zero attached hydrogens (tertiary/aromatic N) is 3. The van der Waals surface area contributed by atoms with Gasteiger partial charge in [-0.3, -0.25) is 14.7 Å². The Morgan fingerprint density at radius 3 is 2.50 bits per heavy atom. The molecule has 0 aliphatic rings. The molecule has 0 bridgehead atoms. The summed E-state index contributed by atoms with van der Waals surface area (Å²) >= 11 is 0. The van der Waals surface area contributed by atoms with E-state index in [4.69, 9.17) is 5.11 Å². The molecule has 9 heteroatoms. The first kappa shape index (κ1) is 17.1. The third kappa shape index (κ3) is 3.83. The summed E-state index contributed by atoms with van der Waals surface area (Å²) in [6.45, 7) is 0. The van der Waals surface area contributed by atoms with Crippen LogP contribution in [-0.4, -0.2) is 47.6 Å². The number of aromatic hydroxyl groups is 1. The number of phenols is 1. The van der Waals surface area contributed by atoms with Gasteiger partial charge in [-0.2, -0.15) is 5.10 Å². The van der Waals surface area contributed by atoms with Crippen molar-refractivity contribution >= 4 is 17.7 Å². The van der Waals surface area contributed by atoms with Crippen molar-refractivity contribution in [3.8, 4) is 17.1 Å². The monoisotopic (exact) mass is 354 g/mol. The number of phenolic OH excluding ortho intramolecular Hbond substituents is 1. The maximum atomic E-state index is 12.2. The second-order valence-electron chi connectivity index (χ2n) is 5.60. The number of rotatable bonds is 6. The van der Waals surface area contributed by atoms with Gasteiger partial charge in [0.25, 0.3) is 0 Å². The van der Waals surface area contributed by atoms with Gasteiger partial charge < -0.3 is 10.2 Å². The fourth-order valence-electron chi connectivity index (χ4n) is 2.33. The zero-order valence-electron chi connectivity index (χ0n) is 13.4. The zero-order chi connectivity index (χ0) is 18.7. The number of nitrogens with one attached hydrogen (secondary N) is 1. The number of aromatic nitrogens is 4. The summed E-state index contributed by atoms with van der Waals surface area (Å²) in [5, 5.41) is 24.6. The molecule has 0 aliphatic carbocycles. The van der Waals surface area contributed by atoms with Gasteiger partial charge in [0.05, 0.1) is 6.42 Å². The topological polar surface area (TPSA) is 138 Å². The van der Waals surface area contributed by atoms with E-state index in [1.807, 2.05) is 0 Å². The lowest BCUT2D eigenvalue weighted by atomic mass is 10.0. The summed E-state index contributed by atoms with van der Waals surface area (Å²) in [6, 6.07) is 7.60. The van der Waals surface area contributed by atoms with Crippen LogP contribution in [0, 0.1) is 0 Å². The number of ketones is 2. The lowest BCUT2D eigenvalue weighted by Crippen LogP contribution is -2.11. The highest BCUT2D eigenvalue weighted by molar-refractivity contribution is 6.07. The van der Waals surface area contributed by atoms with Crippen molar-refractivity contribution in [2.45, 2.75) is 12.8 Å². The molecule has 2 heterocycles. The number of carboxylic acid groups (broad SMARTS) is 1. The highest BCUT2D eigenvalue weighted by Crippen LogP contribution is 2.17. The number of carbonyl (C=O) groups excluding carboxylic acids is 2. The van der Waals surface area contributed by atoms with Gasteiger partial charge >= 0.3 is 6.09 Å². The first-order valence-electron chi connectivity index (χ1n) is 7.58. The van der Waals surface area contributed by atoms with Gasteiger partial charge in [-0.05, 0) is 23.8 Å². The molecular formula is C17H14N4O5. The van der Waals surface area contributed by atoms with Gasteiger partial charge in [-0.15, -0.1) is 0 Å². The predicted molar refractivity (Wildman–Crippen MR) is 89.0 cm³/mol. The second-order valence-corrected chi connectivity index (χ2v) is 5.60. The summed E-state index contributed by atoms with van der Waals surface area (Å²) in [4.78, 5) is 39.0. The van der Waals surface area contributed by atoms with Gasteiger partial charge in [0.2, 0.25) is 0 Å². The Morgan fingerprint density at radius 2 is 1.85 bits per heavy atom. The number of aromatic amines is 1. The van der Waals surface area contributed by atoms with Crippen LogP contribution in [0.3, 0.4) is 0 Å². The third-order valence-corrected chi connectivity index (χ3v) is 3.64. The highest BCUT2D eigenvalue weighted by Gasteiger charge is 2.17. The van der Waals surface area contributed by atoms with Crippen LogP contribution in [0.25, 0.3) is 11.4 Å². The maximum absolute atomic E-state index is 12.2. The van der Waals surface area contributed by atoms with Crippen molar-refractivity contribution in [2.24, 2.45) is 0 Å². The maximum Gasteiger partial charge on any atom is 0.416 e. The third-order valence-electron chi connectivity index (χ3n) is 3.64. The standard InChI is InChI=1S/C17H14N4O5/c22-11-3-1-10(2-4-11)5-12(23)6-16(24)14-7-13(19-20-14)15-8-21(9-18-15)17(25)26/h1-4,7-9,22H,5-6H2,(H,19,20)(H,25,26). The number of hydrogen-bond acceptors (Lipinski definition) is 6. The van der Waals surface area contributed by atoms with E-state index in [0.29, 0.717) is 11.3 Å². The molecule has 0 unspecified atom stereocenters. The smallest absolute Gasteiger partial charge is 0.416 e. The number of imidazole rings is 1. The predicted octanol–water partition coefficient (Wildman–Crippen LogP) is 1.89. The van der Waals surface area contributed by atoms with Crippen molar-refractivity contribution in [2.75, 3.05) is 0 Å². The van der Waals surface area contributed by atoms with Gasteiger partial charge in [0, 0.05) is 12.6 Å². The molecule has 9 nitrogen and oxygen atoms in total. The molecule has 0 atom stereocenters. The number of benzene rings is 1. The first-order chi connectivity index (χ1) is 12.4. The van der Waals surface area contributed by atoms with Crippen LogP contribution in [0.4, 0.5) is 4.79 Å². The van der Waals surface area contributed by atoms with E-state index in [2.05, 4.69) is 15.2 Å². The van der Waals surface area contributed by atoms with Crippen LogP contribution in [-0.2, 0) is 11.2 Å². The normalized spacial score (nSPS) is 10.6. The summed E-state index contributed by atoms with van der Waals surface area (Å²) in [6.07, 6.45) is 0.982. The first-order valence-corrected chi connectivity index (χ1v) is 7.58. The van der Waals surface area contributed by atoms with E-state index >= 15 is 0 Å². The zero-order valence-corrected chi connectivity index (χ0v) is 13.4. The molecule has 2 aromatic heterocycles. The quantitative estimate of drug-likeness (QED) is 0.454. The minimum Gasteiger partial charge on any atom is -0.508 e. The van der Waals surface area contributed by atoms with Crippen LogP contribution in [0.15, 0.2) is 42.9 Å². The van der Waals surface area contributed by atoms with Crippen LogP contribution in [0.5, 0.6) is 5.75 Å². The molecule has 0 amide bonds. The average molecular weight is 354 g/mol. The van der Waals surface area contributed by atoms with Crippen molar-refractivity contribution < 1.29 is 24.6 Å². The minimum atomic E-state index is -1.18. The summed E-state index contributed by atoms with van der Waals surface area (Å²) in [5.41, 5.74) is 1.44. The Kier molecular flexibility index (Phi) is 4.61. The Morgan fingerprint density at radius 1 is 1.12 bits per heavy atom. The van der Waals surface area contributed by atoms with Crippen molar-refractivity contribution in [3.05, 3.63) is 54.1 Å². The minimum absolute atomic E-state index is 0.0794. The van der Waals surface area contributed by atoms with Gasteiger partial charge in [-0.1, -0.05) is 12.1 Å². The van der Waals surface area contributed by atoms with Gasteiger partial charge in [-0.25, -0.2) is 14.3 Å². The van der Waals surface area contributed by atoms with E-state index in [1.165, 1.54) is 24.4 Å². The molecule has 0 radical (unpaired) electrons. The van der Waals surface area contributed by atoms with Crippen LogP contribution in [0.2, 0.25) is 0 Å². The SMILES string of the molecule is O=C(CC(=O)c1cc(-c2cn(C(=O)O)cn2)n[nH]1)Cc1ccc(O)cc1. The lowest BCUT2D eigenvalue weighted by Gasteiger charge is -2.00.